The van der Waals surface area contributed by atoms with Crippen LogP contribution in [0.3, 0.4) is 0 Å². The highest BCUT2D eigenvalue weighted by Crippen LogP contribution is 2.38. The van der Waals surface area contributed by atoms with Crippen LogP contribution >= 0.6 is 0 Å². The lowest BCUT2D eigenvalue weighted by molar-refractivity contribution is -0.139. The molecule has 0 aromatic heterocycles. The lowest BCUT2D eigenvalue weighted by atomic mass is 10.1. The van der Waals surface area contributed by atoms with E-state index in [-0.39, 0.29) is 24.7 Å². The number of piperazine rings is 1. The Morgan fingerprint density at radius 2 is 1.22 bits per heavy atom. The molecule has 0 aliphatic carbocycles. The fraction of sp³-hybridized carbons (Fsp3) is 0.308. The summed E-state index contributed by atoms with van der Waals surface area (Å²) in [5, 5.41) is 3.24. The van der Waals surface area contributed by atoms with Crippen molar-refractivity contribution < 1.29 is 35.8 Å². The molecule has 36 heavy (non-hydrogen) atoms. The standard InChI is InChI=1S/C26H24F6N2O2/c27-25(28,29)20-5-1-3-7-23(20)35-16-18-9-10-19(22(15-18)34-13-11-33-12-14-34)17-36-24-8-4-2-6-21(24)26(30,31)32/h1-10,15,33H,11-14,16-17H2. The summed E-state index contributed by atoms with van der Waals surface area (Å²) in [6.45, 7) is 2.54. The van der Waals surface area contributed by atoms with Crippen molar-refractivity contribution in [2.45, 2.75) is 25.6 Å². The van der Waals surface area contributed by atoms with E-state index in [0.717, 1.165) is 30.9 Å². The van der Waals surface area contributed by atoms with E-state index in [1.165, 1.54) is 36.4 Å². The van der Waals surface area contributed by atoms with Crippen molar-refractivity contribution in [3.05, 3.63) is 89.0 Å². The summed E-state index contributed by atoms with van der Waals surface area (Å²) in [6.07, 6.45) is -9.09. The van der Waals surface area contributed by atoms with E-state index in [2.05, 4.69) is 10.2 Å². The molecule has 10 heteroatoms. The van der Waals surface area contributed by atoms with Gasteiger partial charge in [-0.3, -0.25) is 0 Å². The van der Waals surface area contributed by atoms with Crippen LogP contribution in [0.5, 0.6) is 11.5 Å². The van der Waals surface area contributed by atoms with Crippen molar-refractivity contribution in [2.24, 2.45) is 0 Å². The molecule has 0 radical (unpaired) electrons. The first-order chi connectivity index (χ1) is 17.1. The van der Waals surface area contributed by atoms with Gasteiger partial charge in [0, 0.05) is 37.4 Å². The number of nitrogens with zero attached hydrogens (tertiary/aromatic N) is 1. The summed E-state index contributed by atoms with van der Waals surface area (Å²) in [5.74, 6) is -0.544. The Kier molecular flexibility index (Phi) is 7.63. The maximum Gasteiger partial charge on any atom is 0.419 e. The van der Waals surface area contributed by atoms with Crippen molar-refractivity contribution >= 4 is 5.69 Å². The Labute approximate surface area is 204 Å². The number of ether oxygens (including phenoxy) is 2. The van der Waals surface area contributed by atoms with E-state index in [4.69, 9.17) is 9.47 Å². The van der Waals surface area contributed by atoms with Crippen molar-refractivity contribution in [3.63, 3.8) is 0 Å². The number of nitrogens with one attached hydrogen (secondary N) is 1. The van der Waals surface area contributed by atoms with Gasteiger partial charge in [-0.25, -0.2) is 0 Å². The fourth-order valence-corrected chi connectivity index (χ4v) is 3.99. The Hall–Kier alpha value is -3.40. The number of benzene rings is 3. The molecule has 1 N–H and O–H groups in total. The first-order valence-electron chi connectivity index (χ1n) is 11.3. The monoisotopic (exact) mass is 510 g/mol. The average Bonchev–Trinajstić information content (AvgIpc) is 2.86. The first kappa shape index (κ1) is 25.7. The topological polar surface area (TPSA) is 33.7 Å². The molecule has 0 amide bonds. The summed E-state index contributed by atoms with van der Waals surface area (Å²) < 4.78 is 91.0. The minimum Gasteiger partial charge on any atom is -0.488 e. The summed E-state index contributed by atoms with van der Waals surface area (Å²) in [4.78, 5) is 2.07. The third-order valence-corrected chi connectivity index (χ3v) is 5.77. The molecular formula is C26H24F6N2O2. The predicted molar refractivity (Wildman–Crippen MR) is 123 cm³/mol. The fourth-order valence-electron chi connectivity index (χ4n) is 3.99. The van der Waals surface area contributed by atoms with E-state index in [1.54, 1.807) is 18.2 Å². The van der Waals surface area contributed by atoms with E-state index in [0.29, 0.717) is 24.2 Å². The molecule has 0 saturated carbocycles. The minimum absolute atomic E-state index is 0.107. The number of anilines is 1. The predicted octanol–water partition coefficient (Wildman–Crippen LogP) is 6.29. The second-order valence-electron chi connectivity index (χ2n) is 8.27. The third kappa shape index (κ3) is 6.23. The van der Waals surface area contributed by atoms with Gasteiger partial charge in [-0.1, -0.05) is 36.4 Å². The van der Waals surface area contributed by atoms with Crippen LogP contribution in [-0.4, -0.2) is 26.2 Å². The second kappa shape index (κ2) is 10.7. The molecule has 0 bridgehead atoms. The van der Waals surface area contributed by atoms with Crippen molar-refractivity contribution in [1.82, 2.24) is 5.32 Å². The minimum atomic E-state index is -4.55. The van der Waals surface area contributed by atoms with Gasteiger partial charge in [0.15, 0.2) is 0 Å². The molecule has 0 unspecified atom stereocenters. The van der Waals surface area contributed by atoms with Crippen molar-refractivity contribution in [2.75, 3.05) is 31.1 Å². The molecule has 3 aromatic carbocycles. The van der Waals surface area contributed by atoms with Gasteiger partial charge in [0.25, 0.3) is 0 Å². The highest BCUT2D eigenvalue weighted by Gasteiger charge is 2.35. The van der Waals surface area contributed by atoms with Crippen LogP contribution in [0.1, 0.15) is 22.3 Å². The SMILES string of the molecule is FC(F)(F)c1ccccc1OCc1ccc(COc2ccccc2C(F)(F)F)c(N2CCNCC2)c1. The Morgan fingerprint density at radius 1 is 0.694 bits per heavy atom. The van der Waals surface area contributed by atoms with Crippen LogP contribution in [0.15, 0.2) is 66.7 Å². The van der Waals surface area contributed by atoms with Crippen molar-refractivity contribution in [3.8, 4) is 11.5 Å². The van der Waals surface area contributed by atoms with E-state index < -0.39 is 23.5 Å². The number of para-hydroxylation sites is 2. The highest BCUT2D eigenvalue weighted by atomic mass is 19.4. The van der Waals surface area contributed by atoms with Gasteiger partial charge in [-0.15, -0.1) is 0 Å². The van der Waals surface area contributed by atoms with Crippen LogP contribution in [0, 0.1) is 0 Å². The summed E-state index contributed by atoms with van der Waals surface area (Å²) in [7, 11) is 0. The maximum absolute atomic E-state index is 13.3. The van der Waals surface area contributed by atoms with Gasteiger partial charge in [-0.2, -0.15) is 26.3 Å². The van der Waals surface area contributed by atoms with Crippen LogP contribution < -0.4 is 19.7 Å². The molecule has 4 rings (SSSR count). The summed E-state index contributed by atoms with van der Waals surface area (Å²) in [5.41, 5.74) is 0.308. The molecular weight excluding hydrogens is 486 g/mol. The van der Waals surface area contributed by atoms with Crippen LogP contribution in [0.4, 0.5) is 32.0 Å². The molecule has 1 saturated heterocycles. The highest BCUT2D eigenvalue weighted by molar-refractivity contribution is 5.56. The van der Waals surface area contributed by atoms with Gasteiger partial charge < -0.3 is 19.7 Å². The zero-order valence-corrected chi connectivity index (χ0v) is 19.1. The van der Waals surface area contributed by atoms with Gasteiger partial charge in [0.05, 0.1) is 11.1 Å². The number of rotatable bonds is 7. The molecule has 0 atom stereocenters. The normalized spacial score (nSPS) is 14.6. The van der Waals surface area contributed by atoms with Gasteiger partial charge >= 0.3 is 12.4 Å². The van der Waals surface area contributed by atoms with Crippen LogP contribution in [-0.2, 0) is 25.6 Å². The van der Waals surface area contributed by atoms with Gasteiger partial charge in [-0.05, 0) is 35.9 Å². The average molecular weight is 510 g/mol. The second-order valence-corrected chi connectivity index (χ2v) is 8.27. The van der Waals surface area contributed by atoms with Crippen LogP contribution in [0.25, 0.3) is 0 Å². The quantitative estimate of drug-likeness (QED) is 0.379. The van der Waals surface area contributed by atoms with Crippen molar-refractivity contribution in [1.29, 1.82) is 0 Å². The molecule has 1 aliphatic heterocycles. The zero-order chi connectivity index (χ0) is 25.8. The summed E-state index contributed by atoms with van der Waals surface area (Å²) in [6, 6.07) is 15.2. The first-order valence-corrected chi connectivity index (χ1v) is 11.3. The molecule has 1 fully saturated rings. The van der Waals surface area contributed by atoms with Gasteiger partial charge in [0.1, 0.15) is 24.7 Å². The Morgan fingerprint density at radius 3 is 1.78 bits per heavy atom. The molecule has 1 heterocycles. The van der Waals surface area contributed by atoms with E-state index in [1.807, 2.05) is 0 Å². The molecule has 0 spiro atoms. The molecule has 1 aliphatic rings. The lowest BCUT2D eigenvalue weighted by Gasteiger charge is -2.31. The van der Waals surface area contributed by atoms with E-state index >= 15 is 0 Å². The number of alkyl halides is 6. The molecule has 3 aromatic rings. The maximum atomic E-state index is 13.3. The van der Waals surface area contributed by atoms with Gasteiger partial charge in [0.2, 0.25) is 0 Å². The smallest absolute Gasteiger partial charge is 0.419 e. The third-order valence-electron chi connectivity index (χ3n) is 5.77. The molecule has 192 valence electrons. The number of hydrogen-bond acceptors (Lipinski definition) is 4. The lowest BCUT2D eigenvalue weighted by Crippen LogP contribution is -2.44. The van der Waals surface area contributed by atoms with E-state index in [9.17, 15) is 26.3 Å². The largest absolute Gasteiger partial charge is 0.488 e. The van der Waals surface area contributed by atoms with Crippen LogP contribution in [0.2, 0.25) is 0 Å². The Balaban J connectivity index is 1.56. The number of halogens is 6. The zero-order valence-electron chi connectivity index (χ0n) is 19.1. The Bertz CT molecular complexity index is 1170. The summed E-state index contributed by atoms with van der Waals surface area (Å²) >= 11 is 0. The number of hydrogen-bond donors (Lipinski definition) is 1. The molecule has 4 nitrogen and oxygen atoms in total.